The zero-order valence-corrected chi connectivity index (χ0v) is 19.3. The van der Waals surface area contributed by atoms with Gasteiger partial charge in [-0.1, -0.05) is 24.6 Å². The van der Waals surface area contributed by atoms with Gasteiger partial charge < -0.3 is 15.1 Å². The number of para-hydroxylation sites is 1. The molecular formula is C24H35N7O. The Morgan fingerprint density at radius 3 is 2.59 bits per heavy atom. The fraction of sp³-hybridized carbons (Fsp3) is 0.542. The van der Waals surface area contributed by atoms with E-state index in [0.717, 1.165) is 75.9 Å². The summed E-state index contributed by atoms with van der Waals surface area (Å²) < 4.78 is 1.90. The van der Waals surface area contributed by atoms with E-state index < -0.39 is 0 Å². The molecule has 0 unspecified atom stereocenters. The van der Waals surface area contributed by atoms with Crippen LogP contribution in [0.4, 0.5) is 0 Å². The van der Waals surface area contributed by atoms with E-state index in [4.69, 9.17) is 0 Å². The maximum Gasteiger partial charge on any atom is 0.225 e. The Morgan fingerprint density at radius 2 is 1.94 bits per heavy atom. The molecule has 32 heavy (non-hydrogen) atoms. The van der Waals surface area contributed by atoms with Crippen molar-refractivity contribution in [1.82, 2.24) is 29.8 Å². The summed E-state index contributed by atoms with van der Waals surface area (Å²) in [6, 6.07) is 10.1. The molecule has 2 aliphatic rings. The third kappa shape index (κ3) is 5.48. The van der Waals surface area contributed by atoms with Crippen molar-refractivity contribution in [3.8, 4) is 5.69 Å². The number of carbonyl (C=O) groups is 1. The van der Waals surface area contributed by atoms with E-state index in [1.807, 2.05) is 55.3 Å². The summed E-state index contributed by atoms with van der Waals surface area (Å²) >= 11 is 0. The Morgan fingerprint density at radius 1 is 1.19 bits per heavy atom. The van der Waals surface area contributed by atoms with Crippen LogP contribution in [0, 0.1) is 5.92 Å². The molecule has 1 amide bonds. The molecule has 1 saturated carbocycles. The Bertz CT molecular complexity index is 898. The minimum Gasteiger partial charge on any atom is -0.355 e. The molecule has 172 valence electrons. The number of hydrogen-bond donors (Lipinski definition) is 1. The van der Waals surface area contributed by atoms with Gasteiger partial charge in [0.1, 0.15) is 0 Å². The third-order valence-electron chi connectivity index (χ3n) is 6.50. The van der Waals surface area contributed by atoms with Crippen molar-refractivity contribution in [2.24, 2.45) is 10.9 Å². The predicted octanol–water partition coefficient (Wildman–Crippen LogP) is 1.82. The summed E-state index contributed by atoms with van der Waals surface area (Å²) in [5.41, 5.74) is 2.19. The lowest BCUT2D eigenvalue weighted by Gasteiger charge is -2.38. The van der Waals surface area contributed by atoms with Gasteiger partial charge in [-0.05, 0) is 25.0 Å². The number of carbonyl (C=O) groups excluding carboxylic acids is 1. The van der Waals surface area contributed by atoms with Crippen LogP contribution < -0.4 is 5.32 Å². The van der Waals surface area contributed by atoms with Crippen LogP contribution in [0.25, 0.3) is 5.69 Å². The lowest BCUT2D eigenvalue weighted by Crippen LogP contribution is -2.52. The lowest BCUT2D eigenvalue weighted by molar-refractivity contribution is -0.139. The second kappa shape index (κ2) is 10.6. The number of benzene rings is 1. The molecule has 2 fully saturated rings. The minimum atomic E-state index is 0.307. The maximum atomic E-state index is 12.4. The maximum absolute atomic E-state index is 12.4. The normalized spacial score (nSPS) is 17.8. The van der Waals surface area contributed by atoms with E-state index in [2.05, 4.69) is 36.3 Å². The van der Waals surface area contributed by atoms with Crippen LogP contribution >= 0.6 is 0 Å². The molecule has 1 aromatic heterocycles. The number of guanidine groups is 1. The van der Waals surface area contributed by atoms with Crippen molar-refractivity contribution in [3.63, 3.8) is 0 Å². The van der Waals surface area contributed by atoms with E-state index in [-0.39, 0.29) is 0 Å². The number of piperazine rings is 1. The summed E-state index contributed by atoms with van der Waals surface area (Å²) in [5, 5.41) is 7.95. The number of nitrogens with one attached hydrogen (secondary N) is 1. The SMILES string of the molecule is CN=C(NCCN1CCN(C(=O)C2CCC2)CC1)N(C)Cc1cnn(-c2ccccc2)c1. The summed E-state index contributed by atoms with van der Waals surface area (Å²) in [6.07, 6.45) is 7.35. The first-order valence-corrected chi connectivity index (χ1v) is 11.7. The Hall–Kier alpha value is -2.87. The van der Waals surface area contributed by atoms with Crippen LogP contribution in [-0.4, -0.2) is 89.7 Å². The molecule has 8 nitrogen and oxygen atoms in total. The number of amides is 1. The first kappa shape index (κ1) is 22.3. The molecule has 0 spiro atoms. The van der Waals surface area contributed by atoms with Gasteiger partial charge in [0, 0.05) is 77.6 Å². The number of aromatic nitrogens is 2. The molecule has 1 saturated heterocycles. The van der Waals surface area contributed by atoms with Crippen molar-refractivity contribution in [3.05, 3.63) is 48.3 Å². The monoisotopic (exact) mass is 437 g/mol. The average Bonchev–Trinajstić information content (AvgIpc) is 3.25. The molecule has 1 N–H and O–H groups in total. The highest BCUT2D eigenvalue weighted by atomic mass is 16.2. The second-order valence-corrected chi connectivity index (χ2v) is 8.75. The molecule has 2 aromatic rings. The van der Waals surface area contributed by atoms with Gasteiger partial charge in [0.15, 0.2) is 5.96 Å². The van der Waals surface area contributed by atoms with Gasteiger partial charge in [0.25, 0.3) is 0 Å². The van der Waals surface area contributed by atoms with Crippen LogP contribution in [-0.2, 0) is 11.3 Å². The summed E-state index contributed by atoms with van der Waals surface area (Å²) in [4.78, 5) is 23.4. The zero-order chi connectivity index (χ0) is 22.3. The van der Waals surface area contributed by atoms with Crippen LogP contribution in [0.3, 0.4) is 0 Å². The molecule has 0 radical (unpaired) electrons. The Balaban J connectivity index is 1.19. The van der Waals surface area contributed by atoms with E-state index >= 15 is 0 Å². The van der Waals surface area contributed by atoms with Gasteiger partial charge >= 0.3 is 0 Å². The minimum absolute atomic E-state index is 0.307. The van der Waals surface area contributed by atoms with Crippen molar-refractivity contribution >= 4 is 11.9 Å². The highest BCUT2D eigenvalue weighted by Crippen LogP contribution is 2.28. The van der Waals surface area contributed by atoms with Gasteiger partial charge in [-0.3, -0.25) is 14.7 Å². The zero-order valence-electron chi connectivity index (χ0n) is 19.3. The third-order valence-corrected chi connectivity index (χ3v) is 6.50. The van der Waals surface area contributed by atoms with Crippen molar-refractivity contribution < 1.29 is 4.79 Å². The molecule has 0 atom stereocenters. The predicted molar refractivity (Wildman–Crippen MR) is 127 cm³/mol. The van der Waals surface area contributed by atoms with Gasteiger partial charge in [-0.15, -0.1) is 0 Å². The van der Waals surface area contributed by atoms with Gasteiger partial charge in [0.2, 0.25) is 5.91 Å². The first-order valence-electron chi connectivity index (χ1n) is 11.7. The summed E-state index contributed by atoms with van der Waals surface area (Å²) in [5.74, 6) is 1.56. The van der Waals surface area contributed by atoms with Crippen molar-refractivity contribution in [1.29, 1.82) is 0 Å². The van der Waals surface area contributed by atoms with Crippen molar-refractivity contribution in [2.75, 3.05) is 53.4 Å². The fourth-order valence-corrected chi connectivity index (χ4v) is 4.33. The van der Waals surface area contributed by atoms with Gasteiger partial charge in [0.05, 0.1) is 11.9 Å². The molecular weight excluding hydrogens is 402 g/mol. The largest absolute Gasteiger partial charge is 0.355 e. The lowest BCUT2D eigenvalue weighted by atomic mass is 9.84. The number of aliphatic imine (C=N–C) groups is 1. The van der Waals surface area contributed by atoms with Gasteiger partial charge in [-0.2, -0.15) is 5.10 Å². The smallest absolute Gasteiger partial charge is 0.225 e. The highest BCUT2D eigenvalue weighted by Gasteiger charge is 2.31. The van der Waals surface area contributed by atoms with Gasteiger partial charge in [-0.25, -0.2) is 4.68 Å². The van der Waals surface area contributed by atoms with E-state index in [1.165, 1.54) is 6.42 Å². The quantitative estimate of drug-likeness (QED) is 0.529. The van der Waals surface area contributed by atoms with Crippen LogP contribution in [0.2, 0.25) is 0 Å². The summed E-state index contributed by atoms with van der Waals surface area (Å²) in [7, 11) is 3.86. The number of hydrogen-bond acceptors (Lipinski definition) is 4. The van der Waals surface area contributed by atoms with E-state index in [1.54, 1.807) is 0 Å². The molecule has 2 heterocycles. The van der Waals surface area contributed by atoms with E-state index in [9.17, 15) is 4.79 Å². The topological polar surface area (TPSA) is 69.0 Å². The molecule has 4 rings (SSSR count). The Kier molecular flexibility index (Phi) is 7.42. The standard InChI is InChI=1S/C24H35N7O/c1-25-24(28(2)18-20-17-27-31(19-20)22-9-4-3-5-10-22)26-11-12-29-13-15-30(16-14-29)23(32)21-7-6-8-21/h3-5,9-10,17,19,21H,6-8,11-16,18H2,1-2H3,(H,25,26). The fourth-order valence-electron chi connectivity index (χ4n) is 4.33. The first-order chi connectivity index (χ1) is 15.6. The number of nitrogens with zero attached hydrogens (tertiary/aromatic N) is 6. The number of rotatable bonds is 7. The second-order valence-electron chi connectivity index (χ2n) is 8.75. The summed E-state index contributed by atoms with van der Waals surface area (Å²) in [6.45, 7) is 6.13. The molecule has 1 aromatic carbocycles. The molecule has 1 aliphatic heterocycles. The molecule has 0 bridgehead atoms. The van der Waals surface area contributed by atoms with Crippen LogP contribution in [0.15, 0.2) is 47.7 Å². The van der Waals surface area contributed by atoms with E-state index in [0.29, 0.717) is 11.8 Å². The molecule has 1 aliphatic carbocycles. The average molecular weight is 438 g/mol. The van der Waals surface area contributed by atoms with Crippen molar-refractivity contribution in [2.45, 2.75) is 25.8 Å². The highest BCUT2D eigenvalue weighted by molar-refractivity contribution is 5.80. The Labute approximate surface area is 190 Å². The molecule has 8 heteroatoms. The van der Waals surface area contributed by atoms with Crippen LogP contribution in [0.1, 0.15) is 24.8 Å². The van der Waals surface area contributed by atoms with Crippen LogP contribution in [0.5, 0.6) is 0 Å².